The quantitative estimate of drug-likeness (QED) is 0.791. The molecule has 0 aromatic heterocycles. The summed E-state index contributed by atoms with van der Waals surface area (Å²) in [6.07, 6.45) is 2.11. The number of nitrogens with one attached hydrogen (secondary N) is 1. The zero-order valence-corrected chi connectivity index (χ0v) is 11.1. The highest BCUT2D eigenvalue weighted by Gasteiger charge is 2.49. The summed E-state index contributed by atoms with van der Waals surface area (Å²) in [5, 5.41) is 12.0. The molecule has 5 heteroatoms. The largest absolute Gasteiger partial charge is 0.481 e. The summed E-state index contributed by atoms with van der Waals surface area (Å²) in [6, 6.07) is -0.0419. The summed E-state index contributed by atoms with van der Waals surface area (Å²) in [5.74, 6) is -0.530. The van der Waals surface area contributed by atoms with E-state index in [0.717, 1.165) is 19.3 Å². The topological polar surface area (TPSA) is 75.6 Å². The average molecular weight is 255 g/mol. The van der Waals surface area contributed by atoms with Gasteiger partial charge in [-0.15, -0.1) is 0 Å². The summed E-state index contributed by atoms with van der Waals surface area (Å²) in [7, 11) is 0. The maximum absolute atomic E-state index is 11.7. The van der Waals surface area contributed by atoms with Gasteiger partial charge in [0, 0.05) is 6.04 Å². The van der Waals surface area contributed by atoms with E-state index in [2.05, 4.69) is 5.32 Å². The first kappa shape index (κ1) is 13.2. The fourth-order valence-corrected chi connectivity index (χ4v) is 3.26. The van der Waals surface area contributed by atoms with Gasteiger partial charge in [-0.25, -0.2) is 4.79 Å². The number of carbonyl (C=O) groups is 2. The maximum atomic E-state index is 11.7. The summed E-state index contributed by atoms with van der Waals surface area (Å²) in [4.78, 5) is 22.8. The first-order valence-electron chi connectivity index (χ1n) is 6.48. The molecule has 0 spiro atoms. The van der Waals surface area contributed by atoms with Crippen molar-refractivity contribution < 1.29 is 19.4 Å². The van der Waals surface area contributed by atoms with E-state index in [1.807, 2.05) is 20.8 Å². The molecule has 2 bridgehead atoms. The van der Waals surface area contributed by atoms with Crippen molar-refractivity contribution in [2.45, 2.75) is 51.7 Å². The van der Waals surface area contributed by atoms with Crippen LogP contribution in [0, 0.1) is 17.8 Å². The van der Waals surface area contributed by atoms with Gasteiger partial charge in [0.1, 0.15) is 5.60 Å². The third-order valence-corrected chi connectivity index (χ3v) is 3.83. The molecule has 2 rings (SSSR count). The Balaban J connectivity index is 1.92. The SMILES string of the molecule is CC(C)(C)OC(=O)N[C@@H]1C[C@@H]2C[C@H]1[C@@H](C(=O)O)C2. The van der Waals surface area contributed by atoms with Crippen LogP contribution in [0.15, 0.2) is 0 Å². The van der Waals surface area contributed by atoms with Crippen LogP contribution in [0.1, 0.15) is 40.0 Å². The summed E-state index contributed by atoms with van der Waals surface area (Å²) in [5.41, 5.74) is -0.520. The molecule has 0 unspecified atom stereocenters. The Morgan fingerprint density at radius 3 is 2.39 bits per heavy atom. The number of aliphatic carboxylic acids is 1. The summed E-state index contributed by atoms with van der Waals surface area (Å²) < 4.78 is 5.21. The number of alkyl carbamates (subject to hydrolysis) is 1. The van der Waals surface area contributed by atoms with Crippen LogP contribution in [0.3, 0.4) is 0 Å². The van der Waals surface area contributed by atoms with Gasteiger partial charge in [0.25, 0.3) is 0 Å². The molecule has 2 saturated carbocycles. The fourth-order valence-electron chi connectivity index (χ4n) is 3.26. The van der Waals surface area contributed by atoms with E-state index < -0.39 is 17.7 Å². The van der Waals surface area contributed by atoms with Crippen molar-refractivity contribution >= 4 is 12.1 Å². The molecule has 2 aliphatic rings. The van der Waals surface area contributed by atoms with E-state index in [1.54, 1.807) is 0 Å². The molecule has 5 nitrogen and oxygen atoms in total. The number of carboxylic acids is 1. The van der Waals surface area contributed by atoms with Crippen LogP contribution in [-0.2, 0) is 9.53 Å². The van der Waals surface area contributed by atoms with E-state index in [4.69, 9.17) is 9.84 Å². The van der Waals surface area contributed by atoms with Gasteiger partial charge in [0.2, 0.25) is 0 Å². The van der Waals surface area contributed by atoms with Crippen molar-refractivity contribution in [2.24, 2.45) is 17.8 Å². The number of hydrogen-bond acceptors (Lipinski definition) is 3. The monoisotopic (exact) mass is 255 g/mol. The van der Waals surface area contributed by atoms with Gasteiger partial charge in [0.05, 0.1) is 5.92 Å². The van der Waals surface area contributed by atoms with E-state index >= 15 is 0 Å². The number of carboxylic acid groups (broad SMARTS) is 1. The minimum absolute atomic E-state index is 0.0419. The Morgan fingerprint density at radius 1 is 1.22 bits per heavy atom. The lowest BCUT2D eigenvalue weighted by Crippen LogP contribution is -2.44. The van der Waals surface area contributed by atoms with E-state index in [1.165, 1.54) is 0 Å². The third kappa shape index (κ3) is 2.76. The summed E-state index contributed by atoms with van der Waals surface area (Å²) in [6.45, 7) is 5.44. The lowest BCUT2D eigenvalue weighted by atomic mass is 9.85. The Morgan fingerprint density at radius 2 is 1.89 bits per heavy atom. The van der Waals surface area contributed by atoms with E-state index in [0.29, 0.717) is 5.92 Å². The maximum Gasteiger partial charge on any atom is 0.407 e. The Bertz CT molecular complexity index is 360. The van der Waals surface area contributed by atoms with Gasteiger partial charge in [-0.05, 0) is 51.9 Å². The number of hydrogen-bond donors (Lipinski definition) is 2. The molecule has 0 saturated heterocycles. The zero-order valence-electron chi connectivity index (χ0n) is 11.1. The van der Waals surface area contributed by atoms with Gasteiger partial charge in [0.15, 0.2) is 0 Å². The fraction of sp³-hybridized carbons (Fsp3) is 0.846. The Labute approximate surface area is 107 Å². The van der Waals surface area contributed by atoms with Crippen LogP contribution < -0.4 is 5.32 Å². The molecule has 1 amide bonds. The molecule has 2 fully saturated rings. The predicted octanol–water partition coefficient (Wildman–Crippen LogP) is 2.01. The van der Waals surface area contributed by atoms with Crippen LogP contribution in [-0.4, -0.2) is 28.8 Å². The molecule has 0 radical (unpaired) electrons. The van der Waals surface area contributed by atoms with Crippen LogP contribution in [0.4, 0.5) is 4.79 Å². The highest BCUT2D eigenvalue weighted by molar-refractivity contribution is 5.72. The lowest BCUT2D eigenvalue weighted by molar-refractivity contribution is -0.143. The standard InChI is InChI=1S/C13H21NO4/c1-13(2,3)18-12(17)14-10-6-7-4-8(10)9(5-7)11(15)16/h7-10H,4-6H2,1-3H3,(H,14,17)(H,15,16)/t7-,8+,9+,10-/m1/s1. The van der Waals surface area contributed by atoms with E-state index in [-0.39, 0.29) is 17.9 Å². The molecule has 2 aliphatic carbocycles. The van der Waals surface area contributed by atoms with Gasteiger partial charge >= 0.3 is 12.1 Å². The first-order chi connectivity index (χ1) is 8.26. The lowest BCUT2D eigenvalue weighted by Gasteiger charge is -2.29. The smallest absolute Gasteiger partial charge is 0.407 e. The summed E-state index contributed by atoms with van der Waals surface area (Å²) >= 11 is 0. The highest BCUT2D eigenvalue weighted by atomic mass is 16.6. The van der Waals surface area contributed by atoms with Crippen LogP contribution in [0.2, 0.25) is 0 Å². The predicted molar refractivity (Wildman–Crippen MR) is 65.1 cm³/mol. The molecule has 0 aromatic rings. The number of fused-ring (bicyclic) bond motifs is 2. The van der Waals surface area contributed by atoms with Crippen molar-refractivity contribution in [1.82, 2.24) is 5.32 Å². The minimum atomic E-state index is -0.738. The van der Waals surface area contributed by atoms with Gasteiger partial charge in [-0.3, -0.25) is 4.79 Å². The molecule has 0 heterocycles. The van der Waals surface area contributed by atoms with E-state index in [9.17, 15) is 9.59 Å². The Kier molecular flexibility index (Phi) is 3.25. The van der Waals surface area contributed by atoms with Crippen molar-refractivity contribution in [3.63, 3.8) is 0 Å². The van der Waals surface area contributed by atoms with Crippen molar-refractivity contribution in [3.8, 4) is 0 Å². The van der Waals surface area contributed by atoms with Gasteiger partial charge in [-0.1, -0.05) is 0 Å². The molecule has 2 N–H and O–H groups in total. The van der Waals surface area contributed by atoms with Gasteiger partial charge < -0.3 is 15.2 Å². The number of ether oxygens (including phenoxy) is 1. The first-order valence-corrected chi connectivity index (χ1v) is 6.48. The number of amides is 1. The number of rotatable bonds is 2. The normalized spacial score (nSPS) is 34.4. The van der Waals surface area contributed by atoms with Crippen molar-refractivity contribution in [1.29, 1.82) is 0 Å². The second-order valence-corrected chi connectivity index (χ2v) is 6.43. The molecule has 102 valence electrons. The zero-order chi connectivity index (χ0) is 13.5. The number of carbonyl (C=O) groups excluding carboxylic acids is 1. The molecule has 4 atom stereocenters. The second kappa shape index (κ2) is 4.44. The van der Waals surface area contributed by atoms with Crippen LogP contribution in [0.5, 0.6) is 0 Å². The van der Waals surface area contributed by atoms with Crippen molar-refractivity contribution in [2.75, 3.05) is 0 Å². The second-order valence-electron chi connectivity index (χ2n) is 6.43. The molecule has 18 heavy (non-hydrogen) atoms. The van der Waals surface area contributed by atoms with Crippen LogP contribution in [0.25, 0.3) is 0 Å². The third-order valence-electron chi connectivity index (χ3n) is 3.83. The molecular formula is C13H21NO4. The van der Waals surface area contributed by atoms with Gasteiger partial charge in [-0.2, -0.15) is 0 Å². The van der Waals surface area contributed by atoms with Crippen LogP contribution >= 0.6 is 0 Å². The molecular weight excluding hydrogens is 234 g/mol. The Hall–Kier alpha value is -1.26. The molecule has 0 aliphatic heterocycles. The average Bonchev–Trinajstić information content (AvgIpc) is 2.72. The van der Waals surface area contributed by atoms with Crippen molar-refractivity contribution in [3.05, 3.63) is 0 Å². The minimum Gasteiger partial charge on any atom is -0.481 e. The highest BCUT2D eigenvalue weighted by Crippen LogP contribution is 2.48. The molecule has 0 aromatic carbocycles.